The number of nitrogens with one attached hydrogen (secondary N) is 2. The average molecular weight is 450 g/mol. The predicted molar refractivity (Wildman–Crippen MR) is 128 cm³/mol. The van der Waals surface area contributed by atoms with Gasteiger partial charge in [0.2, 0.25) is 5.91 Å². The lowest BCUT2D eigenvalue weighted by Crippen LogP contribution is -2.13. The van der Waals surface area contributed by atoms with Crippen molar-refractivity contribution in [1.29, 1.82) is 0 Å². The maximum atomic E-state index is 13.3. The van der Waals surface area contributed by atoms with Crippen LogP contribution in [-0.2, 0) is 4.79 Å². The minimum Gasteiger partial charge on any atom is -0.326 e. The molecule has 2 aromatic carbocycles. The van der Waals surface area contributed by atoms with E-state index in [1.165, 1.54) is 11.8 Å². The number of halogens is 1. The number of hydrogen-bond donors (Lipinski definition) is 2. The van der Waals surface area contributed by atoms with E-state index in [-0.39, 0.29) is 11.8 Å². The first-order valence-corrected chi connectivity index (χ1v) is 10.9. The van der Waals surface area contributed by atoms with Crippen molar-refractivity contribution in [1.82, 2.24) is 4.98 Å². The van der Waals surface area contributed by atoms with Gasteiger partial charge in [-0.2, -0.15) is 0 Å². The van der Waals surface area contributed by atoms with Crippen LogP contribution >= 0.6 is 22.9 Å². The molecular weight excluding hydrogens is 430 g/mol. The lowest BCUT2D eigenvalue weighted by molar-refractivity contribution is -0.114. The maximum absolute atomic E-state index is 13.3. The molecule has 31 heavy (non-hydrogen) atoms. The largest absolute Gasteiger partial charge is 0.326 e. The van der Waals surface area contributed by atoms with Gasteiger partial charge in [0, 0.05) is 44.0 Å². The number of fused-ring (bicyclic) bond motifs is 1. The standard InChI is InChI=1S/C24H20ClN3O2S/c1-13-9-19(14(2)31-13)23-12-21(20-10-16(25)7-8-22(20)28-23)24(30)27-18-6-4-5-17(11-18)26-15(3)29/h4-12H,1-3H3,(H,26,29)(H,27,30). The molecule has 0 aliphatic rings. The van der Waals surface area contributed by atoms with Gasteiger partial charge in [0.1, 0.15) is 0 Å². The SMILES string of the molecule is CC(=O)Nc1cccc(NC(=O)c2cc(-c3cc(C)sc3C)nc3ccc(Cl)cc23)c1. The Labute approximate surface area is 189 Å². The molecule has 2 N–H and O–H groups in total. The molecule has 0 saturated carbocycles. The summed E-state index contributed by atoms with van der Waals surface area (Å²) in [4.78, 5) is 31.7. The fourth-order valence-corrected chi connectivity index (χ4v) is 4.59. The molecule has 156 valence electrons. The first-order chi connectivity index (χ1) is 14.8. The van der Waals surface area contributed by atoms with Crippen LogP contribution in [0.5, 0.6) is 0 Å². The summed E-state index contributed by atoms with van der Waals surface area (Å²) >= 11 is 7.91. The first-order valence-electron chi connectivity index (χ1n) is 9.67. The topological polar surface area (TPSA) is 71.1 Å². The van der Waals surface area contributed by atoms with Gasteiger partial charge < -0.3 is 10.6 Å². The Hall–Kier alpha value is -3.22. The van der Waals surface area contributed by atoms with Crippen molar-refractivity contribution in [3.8, 4) is 11.3 Å². The van der Waals surface area contributed by atoms with Gasteiger partial charge in [-0.25, -0.2) is 4.98 Å². The van der Waals surface area contributed by atoms with E-state index in [1.54, 1.807) is 53.8 Å². The fourth-order valence-electron chi connectivity index (χ4n) is 3.49. The molecule has 0 atom stereocenters. The van der Waals surface area contributed by atoms with Crippen LogP contribution in [0.1, 0.15) is 27.0 Å². The average Bonchev–Trinajstić information content (AvgIpc) is 3.05. The number of rotatable bonds is 4. The second-order valence-corrected chi connectivity index (χ2v) is 9.16. The number of nitrogens with zero attached hydrogens (tertiary/aromatic N) is 1. The van der Waals surface area contributed by atoms with Crippen molar-refractivity contribution in [2.45, 2.75) is 20.8 Å². The van der Waals surface area contributed by atoms with E-state index in [0.717, 1.165) is 16.1 Å². The molecule has 4 rings (SSSR count). The molecule has 0 unspecified atom stereocenters. The minimum absolute atomic E-state index is 0.177. The number of amides is 2. The van der Waals surface area contributed by atoms with E-state index in [0.29, 0.717) is 32.9 Å². The molecule has 0 aliphatic carbocycles. The fraction of sp³-hybridized carbons (Fsp3) is 0.125. The monoisotopic (exact) mass is 449 g/mol. The number of pyridine rings is 1. The van der Waals surface area contributed by atoms with E-state index < -0.39 is 0 Å². The van der Waals surface area contributed by atoms with Crippen LogP contribution in [0.3, 0.4) is 0 Å². The number of hydrogen-bond acceptors (Lipinski definition) is 4. The number of benzene rings is 2. The van der Waals surface area contributed by atoms with Gasteiger partial charge in [-0.05, 0) is 62.4 Å². The summed E-state index contributed by atoms with van der Waals surface area (Å²) < 4.78 is 0. The number of carbonyl (C=O) groups is 2. The van der Waals surface area contributed by atoms with Crippen LogP contribution in [0.25, 0.3) is 22.2 Å². The summed E-state index contributed by atoms with van der Waals surface area (Å²) in [5.74, 6) is -0.454. The summed E-state index contributed by atoms with van der Waals surface area (Å²) in [5.41, 5.74) is 4.12. The van der Waals surface area contributed by atoms with Crippen molar-refractivity contribution in [2.24, 2.45) is 0 Å². The molecule has 7 heteroatoms. The summed E-state index contributed by atoms with van der Waals surface area (Å²) in [7, 11) is 0. The summed E-state index contributed by atoms with van der Waals surface area (Å²) in [5, 5.41) is 6.85. The third-order valence-electron chi connectivity index (χ3n) is 4.77. The summed E-state index contributed by atoms with van der Waals surface area (Å²) in [6, 6.07) is 16.2. The molecule has 2 aromatic heterocycles. The Balaban J connectivity index is 1.78. The van der Waals surface area contributed by atoms with Crippen molar-refractivity contribution in [2.75, 3.05) is 10.6 Å². The molecular formula is C24H20ClN3O2S. The van der Waals surface area contributed by atoms with Gasteiger partial charge in [0.15, 0.2) is 0 Å². The second-order valence-electron chi connectivity index (χ2n) is 7.26. The Morgan fingerprint density at radius 1 is 0.968 bits per heavy atom. The van der Waals surface area contributed by atoms with Crippen LogP contribution in [0.15, 0.2) is 54.6 Å². The number of aryl methyl sites for hydroxylation is 2. The van der Waals surface area contributed by atoms with E-state index in [4.69, 9.17) is 16.6 Å². The Morgan fingerprint density at radius 2 is 1.71 bits per heavy atom. The molecule has 0 aliphatic heterocycles. The summed E-state index contributed by atoms with van der Waals surface area (Å²) in [6.45, 7) is 5.54. The van der Waals surface area contributed by atoms with Gasteiger partial charge >= 0.3 is 0 Å². The zero-order chi connectivity index (χ0) is 22.1. The van der Waals surface area contributed by atoms with Crippen molar-refractivity contribution in [3.05, 3.63) is 74.9 Å². The lowest BCUT2D eigenvalue weighted by atomic mass is 10.0. The second kappa shape index (κ2) is 8.49. The molecule has 0 radical (unpaired) electrons. The third kappa shape index (κ3) is 4.60. The smallest absolute Gasteiger partial charge is 0.256 e. The molecule has 4 aromatic rings. The zero-order valence-electron chi connectivity index (χ0n) is 17.2. The lowest BCUT2D eigenvalue weighted by Gasteiger charge is -2.12. The van der Waals surface area contributed by atoms with Crippen LogP contribution in [-0.4, -0.2) is 16.8 Å². The highest BCUT2D eigenvalue weighted by atomic mass is 35.5. The quantitative estimate of drug-likeness (QED) is 0.376. The molecule has 0 saturated heterocycles. The van der Waals surface area contributed by atoms with Crippen molar-refractivity contribution < 1.29 is 9.59 Å². The Bertz CT molecular complexity index is 1330. The van der Waals surface area contributed by atoms with Crippen molar-refractivity contribution >= 4 is 57.0 Å². The molecule has 0 bridgehead atoms. The predicted octanol–water partition coefficient (Wildman–Crippen LogP) is 6.44. The van der Waals surface area contributed by atoms with Gasteiger partial charge in [-0.15, -0.1) is 11.3 Å². The highest BCUT2D eigenvalue weighted by molar-refractivity contribution is 7.12. The maximum Gasteiger partial charge on any atom is 0.256 e. The van der Waals surface area contributed by atoms with Gasteiger partial charge in [0.05, 0.1) is 16.8 Å². The minimum atomic E-state index is -0.277. The van der Waals surface area contributed by atoms with Crippen molar-refractivity contribution in [3.63, 3.8) is 0 Å². The Morgan fingerprint density at radius 3 is 2.39 bits per heavy atom. The zero-order valence-corrected chi connectivity index (χ0v) is 18.8. The van der Waals surface area contributed by atoms with E-state index in [9.17, 15) is 9.59 Å². The van der Waals surface area contributed by atoms with Crippen LogP contribution in [0.2, 0.25) is 5.02 Å². The Kier molecular flexibility index (Phi) is 5.76. The van der Waals surface area contributed by atoms with Crippen LogP contribution in [0, 0.1) is 13.8 Å². The van der Waals surface area contributed by atoms with Gasteiger partial charge in [-0.1, -0.05) is 17.7 Å². The molecule has 5 nitrogen and oxygen atoms in total. The normalized spacial score (nSPS) is 10.8. The first kappa shape index (κ1) is 21.0. The number of aromatic nitrogens is 1. The highest BCUT2D eigenvalue weighted by Crippen LogP contribution is 2.33. The number of carbonyl (C=O) groups excluding carboxylic acids is 2. The summed E-state index contributed by atoms with van der Waals surface area (Å²) in [6.07, 6.45) is 0. The van der Waals surface area contributed by atoms with Crippen LogP contribution in [0.4, 0.5) is 11.4 Å². The van der Waals surface area contributed by atoms with E-state index >= 15 is 0 Å². The number of thiophene rings is 1. The highest BCUT2D eigenvalue weighted by Gasteiger charge is 2.17. The van der Waals surface area contributed by atoms with Gasteiger partial charge in [0.25, 0.3) is 5.91 Å². The molecule has 0 fully saturated rings. The molecule has 2 heterocycles. The van der Waals surface area contributed by atoms with Gasteiger partial charge in [-0.3, -0.25) is 9.59 Å². The van der Waals surface area contributed by atoms with E-state index in [1.807, 2.05) is 13.0 Å². The third-order valence-corrected chi connectivity index (χ3v) is 5.97. The molecule has 0 spiro atoms. The molecule has 2 amide bonds. The number of anilines is 2. The van der Waals surface area contributed by atoms with Crippen LogP contribution < -0.4 is 10.6 Å². The van der Waals surface area contributed by atoms with E-state index in [2.05, 4.69) is 23.6 Å².